The standard InChI is InChI=1S/C18H22FN3O2/c1-4-12-22-17(23)11-10-16(20-22)18(24)21(5-2)13(3)14-6-8-15(19)9-7-14/h6-11,13H,4-5,12H2,1-3H3/t13-/m0/s1. The number of hydrogen-bond acceptors (Lipinski definition) is 3. The summed E-state index contributed by atoms with van der Waals surface area (Å²) in [4.78, 5) is 26.2. The lowest BCUT2D eigenvalue weighted by atomic mass is 10.1. The van der Waals surface area contributed by atoms with Gasteiger partial charge >= 0.3 is 0 Å². The first-order valence-corrected chi connectivity index (χ1v) is 8.12. The topological polar surface area (TPSA) is 55.2 Å². The van der Waals surface area contributed by atoms with Crippen molar-refractivity contribution in [1.29, 1.82) is 0 Å². The molecule has 6 heteroatoms. The zero-order valence-electron chi connectivity index (χ0n) is 14.2. The second-order valence-corrected chi connectivity index (χ2v) is 5.60. The first kappa shape index (κ1) is 17.8. The van der Waals surface area contributed by atoms with Crippen LogP contribution in [-0.2, 0) is 6.54 Å². The minimum Gasteiger partial charge on any atom is -0.331 e. The predicted octanol–water partition coefficient (Wildman–Crippen LogP) is 3.02. The Morgan fingerprint density at radius 2 is 1.88 bits per heavy atom. The fourth-order valence-corrected chi connectivity index (χ4v) is 2.60. The molecule has 1 aromatic carbocycles. The summed E-state index contributed by atoms with van der Waals surface area (Å²) in [5, 5.41) is 4.17. The van der Waals surface area contributed by atoms with Gasteiger partial charge in [-0.2, -0.15) is 5.10 Å². The summed E-state index contributed by atoms with van der Waals surface area (Å²) in [6.07, 6.45) is 0.758. The third-order valence-corrected chi connectivity index (χ3v) is 3.94. The third-order valence-electron chi connectivity index (χ3n) is 3.94. The normalized spacial score (nSPS) is 12.0. The van der Waals surface area contributed by atoms with Gasteiger partial charge in [0.1, 0.15) is 11.5 Å². The second-order valence-electron chi connectivity index (χ2n) is 5.60. The van der Waals surface area contributed by atoms with Crippen molar-refractivity contribution in [3.05, 3.63) is 63.8 Å². The third kappa shape index (κ3) is 3.88. The summed E-state index contributed by atoms with van der Waals surface area (Å²) in [6.45, 7) is 6.65. The van der Waals surface area contributed by atoms with Crippen molar-refractivity contribution in [1.82, 2.24) is 14.7 Å². The molecular formula is C18H22FN3O2. The average Bonchev–Trinajstić information content (AvgIpc) is 2.58. The number of nitrogens with zero attached hydrogens (tertiary/aromatic N) is 3. The molecule has 0 saturated carbocycles. The summed E-state index contributed by atoms with van der Waals surface area (Å²) >= 11 is 0. The lowest BCUT2D eigenvalue weighted by Crippen LogP contribution is -2.35. The fraction of sp³-hybridized carbons (Fsp3) is 0.389. The average molecular weight is 331 g/mol. The van der Waals surface area contributed by atoms with Crippen LogP contribution in [0.2, 0.25) is 0 Å². The number of hydrogen-bond donors (Lipinski definition) is 0. The van der Waals surface area contributed by atoms with Crippen molar-refractivity contribution in [3.8, 4) is 0 Å². The summed E-state index contributed by atoms with van der Waals surface area (Å²) in [5.74, 6) is -0.562. The summed E-state index contributed by atoms with van der Waals surface area (Å²) in [5.41, 5.74) is 0.857. The predicted molar refractivity (Wildman–Crippen MR) is 90.3 cm³/mol. The van der Waals surface area contributed by atoms with E-state index in [-0.39, 0.29) is 29.0 Å². The van der Waals surface area contributed by atoms with Gasteiger partial charge in [0, 0.05) is 19.2 Å². The van der Waals surface area contributed by atoms with Gasteiger partial charge in [-0.1, -0.05) is 19.1 Å². The molecule has 1 aromatic heterocycles. The Hall–Kier alpha value is -2.50. The highest BCUT2D eigenvalue weighted by Gasteiger charge is 2.23. The van der Waals surface area contributed by atoms with Crippen LogP contribution in [-0.4, -0.2) is 27.1 Å². The van der Waals surface area contributed by atoms with E-state index in [1.165, 1.54) is 28.9 Å². The number of aromatic nitrogens is 2. The lowest BCUT2D eigenvalue weighted by molar-refractivity contribution is 0.0693. The van der Waals surface area contributed by atoms with Gasteiger partial charge in [-0.25, -0.2) is 9.07 Å². The maximum absolute atomic E-state index is 13.1. The Kier molecular flexibility index (Phi) is 5.84. The van der Waals surface area contributed by atoms with E-state index in [0.29, 0.717) is 13.1 Å². The molecule has 0 bridgehead atoms. The molecule has 128 valence electrons. The van der Waals surface area contributed by atoms with Crippen molar-refractivity contribution in [2.24, 2.45) is 0 Å². The fourth-order valence-electron chi connectivity index (χ4n) is 2.60. The van der Waals surface area contributed by atoms with Crippen molar-refractivity contribution in [3.63, 3.8) is 0 Å². The van der Waals surface area contributed by atoms with Crippen LogP contribution in [0.3, 0.4) is 0 Å². The lowest BCUT2D eigenvalue weighted by Gasteiger charge is -2.28. The Balaban J connectivity index is 2.29. The Morgan fingerprint density at radius 3 is 2.46 bits per heavy atom. The summed E-state index contributed by atoms with van der Waals surface area (Å²) < 4.78 is 14.4. The molecule has 0 fully saturated rings. The van der Waals surface area contributed by atoms with Gasteiger partial charge in [-0.15, -0.1) is 0 Å². The number of rotatable bonds is 6. The molecule has 1 amide bonds. The SMILES string of the molecule is CCCn1nc(C(=O)N(CC)[C@@H](C)c2ccc(F)cc2)ccc1=O. The smallest absolute Gasteiger partial charge is 0.274 e. The molecule has 1 heterocycles. The maximum atomic E-state index is 13.1. The number of amides is 1. The van der Waals surface area contributed by atoms with Crippen LogP contribution in [0.5, 0.6) is 0 Å². The second kappa shape index (κ2) is 7.86. The van der Waals surface area contributed by atoms with Gasteiger partial charge in [-0.3, -0.25) is 9.59 Å². The zero-order valence-corrected chi connectivity index (χ0v) is 14.2. The number of aryl methyl sites for hydroxylation is 1. The minimum atomic E-state index is -0.311. The number of benzene rings is 1. The molecule has 0 aliphatic heterocycles. The van der Waals surface area contributed by atoms with Gasteiger partial charge in [-0.05, 0) is 44.0 Å². The number of carbonyl (C=O) groups is 1. The molecule has 1 atom stereocenters. The van der Waals surface area contributed by atoms with Crippen molar-refractivity contribution in [2.45, 2.75) is 39.8 Å². The quantitative estimate of drug-likeness (QED) is 0.817. The largest absolute Gasteiger partial charge is 0.331 e. The van der Waals surface area contributed by atoms with Crippen LogP contribution in [0.4, 0.5) is 4.39 Å². The van der Waals surface area contributed by atoms with E-state index in [4.69, 9.17) is 0 Å². The maximum Gasteiger partial charge on any atom is 0.274 e. The molecule has 0 unspecified atom stereocenters. The zero-order chi connectivity index (χ0) is 17.7. The van der Waals surface area contributed by atoms with Crippen molar-refractivity contribution < 1.29 is 9.18 Å². The molecule has 0 aliphatic carbocycles. The Labute approximate surface area is 140 Å². The molecule has 0 saturated heterocycles. The van der Waals surface area contributed by atoms with Gasteiger partial charge in [0.05, 0.1) is 6.04 Å². The van der Waals surface area contributed by atoms with E-state index in [9.17, 15) is 14.0 Å². The first-order chi connectivity index (χ1) is 11.5. The van der Waals surface area contributed by atoms with Gasteiger partial charge in [0.25, 0.3) is 11.5 Å². The number of halogens is 1. The van der Waals surface area contributed by atoms with Gasteiger partial charge in [0.2, 0.25) is 0 Å². The van der Waals surface area contributed by atoms with Crippen molar-refractivity contribution >= 4 is 5.91 Å². The molecule has 0 radical (unpaired) electrons. The molecule has 2 aromatic rings. The monoisotopic (exact) mass is 331 g/mol. The van der Waals surface area contributed by atoms with Crippen molar-refractivity contribution in [2.75, 3.05) is 6.54 Å². The highest BCUT2D eigenvalue weighted by Crippen LogP contribution is 2.21. The van der Waals surface area contributed by atoms with E-state index in [2.05, 4.69) is 5.10 Å². The highest BCUT2D eigenvalue weighted by atomic mass is 19.1. The van der Waals surface area contributed by atoms with Gasteiger partial charge in [0.15, 0.2) is 0 Å². The van der Waals surface area contributed by atoms with Crippen LogP contribution in [0, 0.1) is 5.82 Å². The van der Waals surface area contributed by atoms with E-state index in [1.54, 1.807) is 17.0 Å². The van der Waals surface area contributed by atoms with Crippen LogP contribution >= 0.6 is 0 Å². The molecule has 0 spiro atoms. The van der Waals surface area contributed by atoms with E-state index in [1.807, 2.05) is 20.8 Å². The first-order valence-electron chi connectivity index (χ1n) is 8.12. The van der Waals surface area contributed by atoms with Gasteiger partial charge < -0.3 is 4.90 Å². The Bertz CT molecular complexity index is 756. The molecule has 24 heavy (non-hydrogen) atoms. The summed E-state index contributed by atoms with van der Waals surface area (Å²) in [6, 6.07) is 8.69. The molecular weight excluding hydrogens is 309 g/mol. The number of carbonyl (C=O) groups excluding carboxylic acids is 1. The van der Waals surface area contributed by atoms with E-state index in [0.717, 1.165) is 12.0 Å². The van der Waals surface area contributed by atoms with E-state index >= 15 is 0 Å². The van der Waals surface area contributed by atoms with Crippen LogP contribution < -0.4 is 5.56 Å². The molecule has 0 aliphatic rings. The molecule has 0 N–H and O–H groups in total. The highest BCUT2D eigenvalue weighted by molar-refractivity contribution is 5.92. The molecule has 5 nitrogen and oxygen atoms in total. The van der Waals surface area contributed by atoms with Crippen LogP contribution in [0.15, 0.2) is 41.2 Å². The Morgan fingerprint density at radius 1 is 1.21 bits per heavy atom. The van der Waals surface area contributed by atoms with Crippen LogP contribution in [0.1, 0.15) is 49.3 Å². The molecule has 2 rings (SSSR count). The summed E-state index contributed by atoms with van der Waals surface area (Å²) in [7, 11) is 0. The minimum absolute atomic E-state index is 0.219. The van der Waals surface area contributed by atoms with E-state index < -0.39 is 0 Å². The van der Waals surface area contributed by atoms with Crippen LogP contribution in [0.25, 0.3) is 0 Å².